The molecule has 0 saturated carbocycles. The number of fused-ring (bicyclic) bond motifs is 1. The molecule has 0 aromatic heterocycles. The number of alkyl carbamates (subject to hydrolysis) is 1. The molecule has 28 heavy (non-hydrogen) atoms. The van der Waals surface area contributed by atoms with Gasteiger partial charge in [-0.1, -0.05) is 41.9 Å². The van der Waals surface area contributed by atoms with Gasteiger partial charge in [0.15, 0.2) is 5.60 Å². The number of hydrogen-bond acceptors (Lipinski definition) is 4. The van der Waals surface area contributed by atoms with Gasteiger partial charge in [-0.15, -0.1) is 0 Å². The Bertz CT molecular complexity index is 903. The third kappa shape index (κ3) is 3.83. The SMILES string of the molecule is CC(C)(C)OC(=O)NC[C@]1(c2ccccc2)Oc2cc(F)c(Cl)c(Br)c2[C@@H]1O. The van der Waals surface area contributed by atoms with Crippen LogP contribution in [-0.2, 0) is 10.3 Å². The van der Waals surface area contributed by atoms with E-state index in [2.05, 4.69) is 21.2 Å². The Labute approximate surface area is 175 Å². The molecule has 1 aliphatic rings. The first kappa shape index (κ1) is 20.9. The first-order valence-electron chi connectivity index (χ1n) is 8.62. The summed E-state index contributed by atoms with van der Waals surface area (Å²) >= 11 is 9.23. The molecule has 1 heterocycles. The number of aliphatic hydroxyl groups is 1. The van der Waals surface area contributed by atoms with Crippen molar-refractivity contribution in [3.63, 3.8) is 0 Å². The van der Waals surface area contributed by atoms with Crippen LogP contribution in [0.5, 0.6) is 5.75 Å². The van der Waals surface area contributed by atoms with Gasteiger partial charge in [-0.2, -0.15) is 0 Å². The number of amides is 1. The van der Waals surface area contributed by atoms with Gasteiger partial charge in [0.1, 0.15) is 23.3 Å². The van der Waals surface area contributed by atoms with E-state index < -0.39 is 29.2 Å². The summed E-state index contributed by atoms with van der Waals surface area (Å²) in [5.74, 6) is -0.528. The fraction of sp³-hybridized carbons (Fsp3) is 0.350. The van der Waals surface area contributed by atoms with Crippen LogP contribution in [0, 0.1) is 5.82 Å². The fourth-order valence-electron chi connectivity index (χ4n) is 3.10. The van der Waals surface area contributed by atoms with Crippen molar-refractivity contribution in [2.75, 3.05) is 6.54 Å². The summed E-state index contributed by atoms with van der Waals surface area (Å²) in [6.07, 6.45) is -1.87. The molecular weight excluding hydrogens is 453 g/mol. The average Bonchev–Trinajstić information content (AvgIpc) is 2.90. The zero-order chi connectivity index (χ0) is 20.7. The van der Waals surface area contributed by atoms with Gasteiger partial charge < -0.3 is 19.9 Å². The van der Waals surface area contributed by atoms with E-state index in [9.17, 15) is 14.3 Å². The highest BCUT2D eigenvalue weighted by Crippen LogP contribution is 2.53. The smallest absolute Gasteiger partial charge is 0.407 e. The van der Waals surface area contributed by atoms with Gasteiger partial charge >= 0.3 is 6.09 Å². The van der Waals surface area contributed by atoms with Gasteiger partial charge in [0.25, 0.3) is 0 Å². The standard InChI is InChI=1S/C20H20BrClFNO4/c1-19(2,3)28-18(26)24-10-20(11-7-5-4-6-8-11)17(25)14-13(27-20)9-12(23)16(22)15(14)21/h4-9,17,25H,10H2,1-3H3,(H,24,26)/t17-,20+/m0/s1. The lowest BCUT2D eigenvalue weighted by Gasteiger charge is -2.33. The van der Waals surface area contributed by atoms with Crippen LogP contribution in [-0.4, -0.2) is 23.3 Å². The van der Waals surface area contributed by atoms with E-state index in [1.165, 1.54) is 0 Å². The van der Waals surface area contributed by atoms with Gasteiger partial charge in [-0.25, -0.2) is 9.18 Å². The number of aliphatic hydroxyl groups excluding tert-OH is 1. The van der Waals surface area contributed by atoms with E-state index in [0.717, 1.165) is 6.07 Å². The summed E-state index contributed by atoms with van der Waals surface area (Å²) in [5.41, 5.74) is -1.12. The first-order valence-corrected chi connectivity index (χ1v) is 9.79. The van der Waals surface area contributed by atoms with Crippen LogP contribution in [0.25, 0.3) is 0 Å². The summed E-state index contributed by atoms with van der Waals surface area (Å²) < 4.78 is 25.6. The highest BCUT2D eigenvalue weighted by molar-refractivity contribution is 9.10. The molecule has 2 aromatic carbocycles. The third-order valence-corrected chi connectivity index (χ3v) is 5.75. The zero-order valence-corrected chi connectivity index (χ0v) is 17.9. The summed E-state index contributed by atoms with van der Waals surface area (Å²) in [5, 5.41) is 13.7. The van der Waals surface area contributed by atoms with Crippen LogP contribution in [0.1, 0.15) is 38.0 Å². The average molecular weight is 473 g/mol. The monoisotopic (exact) mass is 471 g/mol. The Kier molecular flexibility index (Phi) is 5.62. The number of nitrogens with one attached hydrogen (secondary N) is 1. The van der Waals surface area contributed by atoms with Crippen LogP contribution in [0.3, 0.4) is 0 Å². The van der Waals surface area contributed by atoms with E-state index in [1.54, 1.807) is 45.0 Å². The van der Waals surface area contributed by atoms with Crippen molar-refractivity contribution in [3.05, 3.63) is 62.8 Å². The molecule has 8 heteroatoms. The zero-order valence-electron chi connectivity index (χ0n) is 15.6. The number of carbonyl (C=O) groups excluding carboxylic acids is 1. The lowest BCUT2D eigenvalue weighted by Crippen LogP contribution is -2.47. The maximum Gasteiger partial charge on any atom is 0.407 e. The number of ether oxygens (including phenoxy) is 2. The Morgan fingerprint density at radius 1 is 1.39 bits per heavy atom. The van der Waals surface area contributed by atoms with Crippen LogP contribution in [0.2, 0.25) is 5.02 Å². The highest BCUT2D eigenvalue weighted by atomic mass is 79.9. The molecule has 0 radical (unpaired) electrons. The van der Waals surface area contributed by atoms with Crippen molar-refractivity contribution in [2.24, 2.45) is 0 Å². The molecule has 0 spiro atoms. The van der Waals surface area contributed by atoms with Crippen molar-refractivity contribution < 1.29 is 23.8 Å². The topological polar surface area (TPSA) is 67.8 Å². The van der Waals surface area contributed by atoms with Gasteiger partial charge in [-0.3, -0.25) is 0 Å². The quantitative estimate of drug-likeness (QED) is 0.611. The molecule has 2 atom stereocenters. The molecular formula is C20H20BrClFNO4. The van der Waals surface area contributed by atoms with Gasteiger partial charge in [0, 0.05) is 21.7 Å². The van der Waals surface area contributed by atoms with Crippen molar-refractivity contribution in [2.45, 2.75) is 38.1 Å². The molecule has 3 rings (SSSR count). The molecule has 2 aromatic rings. The minimum Gasteiger partial charge on any atom is -0.477 e. The number of benzene rings is 2. The van der Waals surface area contributed by atoms with E-state index >= 15 is 0 Å². The minimum absolute atomic E-state index is 0.104. The van der Waals surface area contributed by atoms with Crippen molar-refractivity contribution in [1.82, 2.24) is 5.32 Å². The molecule has 0 fully saturated rings. The number of hydrogen-bond donors (Lipinski definition) is 2. The molecule has 1 aliphatic heterocycles. The second kappa shape index (κ2) is 7.54. The minimum atomic E-state index is -1.37. The van der Waals surface area contributed by atoms with Crippen molar-refractivity contribution in [3.8, 4) is 5.75 Å². The van der Waals surface area contributed by atoms with Gasteiger partial charge in [0.2, 0.25) is 0 Å². The number of carbonyl (C=O) groups is 1. The predicted octanol–water partition coefficient (Wildman–Crippen LogP) is 5.09. The highest BCUT2D eigenvalue weighted by Gasteiger charge is 2.51. The molecule has 2 N–H and O–H groups in total. The third-order valence-electron chi connectivity index (χ3n) is 4.33. The lowest BCUT2D eigenvalue weighted by atomic mass is 9.86. The van der Waals surface area contributed by atoms with Gasteiger partial charge in [-0.05, 0) is 36.7 Å². The van der Waals surface area contributed by atoms with Crippen molar-refractivity contribution in [1.29, 1.82) is 0 Å². The lowest BCUT2D eigenvalue weighted by molar-refractivity contribution is -0.0339. The molecule has 0 aliphatic carbocycles. The first-order chi connectivity index (χ1) is 13.0. The van der Waals surface area contributed by atoms with Crippen LogP contribution in [0.15, 0.2) is 40.9 Å². The molecule has 0 unspecified atom stereocenters. The Morgan fingerprint density at radius 3 is 2.64 bits per heavy atom. The number of halogens is 3. The molecule has 150 valence electrons. The second-order valence-corrected chi connectivity index (χ2v) is 8.68. The molecule has 1 amide bonds. The van der Waals surface area contributed by atoms with Crippen LogP contribution < -0.4 is 10.1 Å². The summed E-state index contributed by atoms with van der Waals surface area (Å²) in [7, 11) is 0. The molecule has 5 nitrogen and oxygen atoms in total. The maximum absolute atomic E-state index is 14.1. The van der Waals surface area contributed by atoms with Crippen molar-refractivity contribution >= 4 is 33.6 Å². The van der Waals surface area contributed by atoms with E-state index in [1.807, 2.05) is 6.07 Å². The maximum atomic E-state index is 14.1. The molecule has 0 saturated heterocycles. The van der Waals surface area contributed by atoms with Crippen LogP contribution >= 0.6 is 27.5 Å². The second-order valence-electron chi connectivity index (χ2n) is 7.51. The summed E-state index contributed by atoms with van der Waals surface area (Å²) in [6, 6.07) is 10.0. The number of rotatable bonds is 3. The fourth-order valence-corrected chi connectivity index (χ4v) is 3.86. The largest absolute Gasteiger partial charge is 0.477 e. The molecule has 0 bridgehead atoms. The summed E-state index contributed by atoms with van der Waals surface area (Å²) in [4.78, 5) is 12.2. The van der Waals surface area contributed by atoms with E-state index in [-0.39, 0.29) is 21.8 Å². The Hall–Kier alpha value is -1.83. The summed E-state index contributed by atoms with van der Waals surface area (Å²) in [6.45, 7) is 5.14. The Morgan fingerprint density at radius 2 is 2.04 bits per heavy atom. The Balaban J connectivity index is 2.00. The van der Waals surface area contributed by atoms with E-state index in [0.29, 0.717) is 11.1 Å². The normalized spacial score (nSPS) is 21.0. The van der Waals surface area contributed by atoms with Gasteiger partial charge in [0.05, 0.1) is 11.6 Å². The van der Waals surface area contributed by atoms with E-state index in [4.69, 9.17) is 21.1 Å². The van der Waals surface area contributed by atoms with Crippen LogP contribution in [0.4, 0.5) is 9.18 Å². The predicted molar refractivity (Wildman–Crippen MR) is 107 cm³/mol.